The Kier molecular flexibility index (Phi) is 7.64. The van der Waals surface area contributed by atoms with Crippen molar-refractivity contribution in [2.24, 2.45) is 23.7 Å². The van der Waals surface area contributed by atoms with Gasteiger partial charge in [0.25, 0.3) is 0 Å². The van der Waals surface area contributed by atoms with Gasteiger partial charge in [-0.2, -0.15) is 0 Å². The van der Waals surface area contributed by atoms with E-state index in [1.807, 2.05) is 0 Å². The van der Waals surface area contributed by atoms with Crippen molar-refractivity contribution < 1.29 is 29.2 Å². The molecule has 162 valence electrons. The van der Waals surface area contributed by atoms with Gasteiger partial charge in [0.1, 0.15) is 24.4 Å². The molecule has 0 aromatic carbocycles. The van der Waals surface area contributed by atoms with E-state index in [-0.39, 0.29) is 0 Å². The van der Waals surface area contributed by atoms with Gasteiger partial charge in [-0.25, -0.2) is 0 Å². The summed E-state index contributed by atoms with van der Waals surface area (Å²) in [6.45, 7) is 3.34. The van der Waals surface area contributed by atoms with Crippen LogP contribution in [0.2, 0.25) is 0 Å². The third-order valence-corrected chi connectivity index (χ3v) is 6.26. The Morgan fingerprint density at radius 2 is 0.857 bits per heavy atom. The van der Waals surface area contributed by atoms with E-state index in [1.54, 1.807) is 0 Å². The van der Waals surface area contributed by atoms with Crippen LogP contribution in [0.3, 0.4) is 0 Å². The Balaban J connectivity index is 1.27. The van der Waals surface area contributed by atoms with Crippen molar-refractivity contribution in [1.29, 1.82) is 0 Å². The summed E-state index contributed by atoms with van der Waals surface area (Å²) in [7, 11) is 0. The molecule has 0 radical (unpaired) electrons. The molecule has 28 heavy (non-hydrogen) atoms. The molecule has 6 nitrogen and oxygen atoms in total. The van der Waals surface area contributed by atoms with E-state index < -0.39 is 24.4 Å². The van der Waals surface area contributed by atoms with Crippen LogP contribution in [0.15, 0.2) is 0 Å². The molecule has 0 heterocycles. The van der Waals surface area contributed by atoms with E-state index in [0.29, 0.717) is 50.1 Å². The fourth-order valence-electron chi connectivity index (χ4n) is 3.29. The zero-order chi connectivity index (χ0) is 19.3. The van der Waals surface area contributed by atoms with Crippen LogP contribution in [0.25, 0.3) is 0 Å². The highest BCUT2D eigenvalue weighted by atomic mass is 16.6. The standard InChI is InChI=1S/C22H38O6/c23-21(19(27-11-17-5-6-17)13-25-9-15-1-2-15)22(24)20(28-12-18-7-8-18)14-26-10-16-3-4-16/h15-24H,1-14H2/t19-,20-,21-,22-/m1/s1. The van der Waals surface area contributed by atoms with E-state index in [2.05, 4.69) is 0 Å². The summed E-state index contributed by atoms with van der Waals surface area (Å²) in [5.41, 5.74) is 0. The van der Waals surface area contributed by atoms with Crippen molar-refractivity contribution in [1.82, 2.24) is 0 Å². The SMILES string of the molecule is O[C@@H]([C@H](O)[C@@H](COCC1CC1)OCC1CC1)[C@@H](COCC1CC1)OCC1CC1. The van der Waals surface area contributed by atoms with Gasteiger partial charge in [-0.3, -0.25) is 0 Å². The Labute approximate surface area is 168 Å². The molecule has 6 heteroatoms. The Hall–Kier alpha value is -0.240. The van der Waals surface area contributed by atoms with E-state index in [9.17, 15) is 10.2 Å². The molecule has 4 atom stereocenters. The van der Waals surface area contributed by atoms with E-state index >= 15 is 0 Å². The maximum Gasteiger partial charge on any atom is 0.111 e. The summed E-state index contributed by atoms with van der Waals surface area (Å²) in [5, 5.41) is 21.7. The summed E-state index contributed by atoms with van der Waals surface area (Å²) in [5.74, 6) is 2.52. The average molecular weight is 399 g/mol. The molecule has 0 bridgehead atoms. The van der Waals surface area contributed by atoms with Gasteiger partial charge in [-0.05, 0) is 75.0 Å². The molecule has 0 unspecified atom stereocenters. The minimum Gasteiger partial charge on any atom is -0.388 e. The minimum absolute atomic E-state index is 0.319. The molecule has 0 saturated heterocycles. The number of hydrogen-bond acceptors (Lipinski definition) is 6. The molecule has 0 amide bonds. The normalized spacial score (nSPS) is 26.8. The molecular formula is C22H38O6. The maximum atomic E-state index is 10.9. The number of hydrogen-bond donors (Lipinski definition) is 2. The molecule has 4 aliphatic rings. The monoisotopic (exact) mass is 398 g/mol. The number of aliphatic hydroxyl groups excluding tert-OH is 2. The zero-order valence-electron chi connectivity index (χ0n) is 17.0. The molecule has 4 saturated carbocycles. The van der Waals surface area contributed by atoms with Gasteiger partial charge >= 0.3 is 0 Å². The van der Waals surface area contributed by atoms with Gasteiger partial charge in [0.15, 0.2) is 0 Å². The fourth-order valence-corrected chi connectivity index (χ4v) is 3.29. The molecular weight excluding hydrogens is 360 g/mol. The van der Waals surface area contributed by atoms with Crippen LogP contribution in [0, 0.1) is 23.7 Å². The lowest BCUT2D eigenvalue weighted by Gasteiger charge is -2.32. The average Bonchev–Trinajstić information content (AvgIpc) is 3.55. The van der Waals surface area contributed by atoms with E-state index in [0.717, 1.165) is 13.2 Å². The molecule has 4 aliphatic carbocycles. The van der Waals surface area contributed by atoms with Crippen LogP contribution >= 0.6 is 0 Å². The largest absolute Gasteiger partial charge is 0.388 e. The fraction of sp³-hybridized carbons (Fsp3) is 1.00. The van der Waals surface area contributed by atoms with Crippen molar-refractivity contribution in [3.8, 4) is 0 Å². The predicted octanol–water partition coefficient (Wildman–Crippen LogP) is 2.15. The van der Waals surface area contributed by atoms with Gasteiger partial charge < -0.3 is 29.2 Å². The Morgan fingerprint density at radius 3 is 1.18 bits per heavy atom. The molecule has 0 aliphatic heterocycles. The molecule has 0 aromatic rings. The first-order chi connectivity index (χ1) is 13.7. The van der Waals surface area contributed by atoms with Crippen LogP contribution in [0.1, 0.15) is 51.4 Å². The Morgan fingerprint density at radius 1 is 0.536 bits per heavy atom. The number of aliphatic hydroxyl groups is 2. The van der Waals surface area contributed by atoms with Crippen molar-refractivity contribution in [2.75, 3.05) is 39.6 Å². The predicted molar refractivity (Wildman–Crippen MR) is 104 cm³/mol. The molecule has 2 N–H and O–H groups in total. The summed E-state index contributed by atoms with van der Waals surface area (Å²) in [4.78, 5) is 0. The van der Waals surface area contributed by atoms with Gasteiger partial charge in [0.2, 0.25) is 0 Å². The summed E-state index contributed by atoms with van der Waals surface area (Å²) < 4.78 is 23.5. The van der Waals surface area contributed by atoms with Gasteiger partial charge in [-0.15, -0.1) is 0 Å². The van der Waals surface area contributed by atoms with Crippen LogP contribution in [-0.2, 0) is 18.9 Å². The second-order valence-electron chi connectivity index (χ2n) is 9.57. The second kappa shape index (κ2) is 10.2. The lowest BCUT2D eigenvalue weighted by atomic mass is 10.0. The first-order valence-corrected chi connectivity index (χ1v) is 11.4. The summed E-state index contributed by atoms with van der Waals surface area (Å²) in [6.07, 6.45) is 6.57. The molecule has 0 spiro atoms. The van der Waals surface area contributed by atoms with Crippen molar-refractivity contribution in [3.63, 3.8) is 0 Å². The van der Waals surface area contributed by atoms with Crippen LogP contribution < -0.4 is 0 Å². The highest BCUT2D eigenvalue weighted by Gasteiger charge is 2.37. The van der Waals surface area contributed by atoms with Crippen molar-refractivity contribution in [3.05, 3.63) is 0 Å². The molecule has 0 aromatic heterocycles. The minimum atomic E-state index is -1.04. The lowest BCUT2D eigenvalue weighted by Crippen LogP contribution is -2.50. The molecule has 4 fully saturated rings. The maximum absolute atomic E-state index is 10.9. The number of rotatable bonds is 17. The smallest absolute Gasteiger partial charge is 0.111 e. The summed E-state index contributed by atoms with van der Waals surface area (Å²) in [6, 6.07) is 0. The first kappa shape index (κ1) is 21.0. The third kappa shape index (κ3) is 7.54. The Bertz CT molecular complexity index is 416. The quantitative estimate of drug-likeness (QED) is 0.391. The van der Waals surface area contributed by atoms with Gasteiger partial charge in [-0.1, -0.05) is 0 Å². The van der Waals surface area contributed by atoms with Gasteiger partial charge in [0.05, 0.1) is 26.4 Å². The third-order valence-electron chi connectivity index (χ3n) is 6.26. The van der Waals surface area contributed by atoms with Crippen molar-refractivity contribution >= 4 is 0 Å². The van der Waals surface area contributed by atoms with Gasteiger partial charge in [0, 0.05) is 13.2 Å². The zero-order valence-corrected chi connectivity index (χ0v) is 17.0. The first-order valence-electron chi connectivity index (χ1n) is 11.4. The van der Waals surface area contributed by atoms with Crippen LogP contribution in [0.5, 0.6) is 0 Å². The molecule has 4 rings (SSSR count). The highest BCUT2D eigenvalue weighted by molar-refractivity contribution is 4.86. The van der Waals surface area contributed by atoms with Crippen molar-refractivity contribution in [2.45, 2.75) is 75.8 Å². The van der Waals surface area contributed by atoms with E-state index in [4.69, 9.17) is 18.9 Å². The van der Waals surface area contributed by atoms with Crippen LogP contribution in [0.4, 0.5) is 0 Å². The van der Waals surface area contributed by atoms with E-state index in [1.165, 1.54) is 51.4 Å². The van der Waals surface area contributed by atoms with Crippen LogP contribution in [-0.4, -0.2) is 74.3 Å². The second-order valence-corrected chi connectivity index (χ2v) is 9.57. The topological polar surface area (TPSA) is 77.4 Å². The highest BCUT2D eigenvalue weighted by Crippen LogP contribution is 2.32. The summed E-state index contributed by atoms with van der Waals surface area (Å²) >= 11 is 0. The number of ether oxygens (including phenoxy) is 4. The lowest BCUT2D eigenvalue weighted by molar-refractivity contribution is -0.165.